The van der Waals surface area contributed by atoms with Crippen LogP contribution in [0.2, 0.25) is 0 Å². The van der Waals surface area contributed by atoms with Crippen LogP contribution >= 0.6 is 0 Å². The van der Waals surface area contributed by atoms with E-state index in [4.69, 9.17) is 4.74 Å². The van der Waals surface area contributed by atoms with Crippen LogP contribution in [0.5, 0.6) is 5.75 Å². The molecule has 0 saturated carbocycles. The minimum absolute atomic E-state index is 0.0920. The molecule has 0 radical (unpaired) electrons. The van der Waals surface area contributed by atoms with Gasteiger partial charge in [-0.1, -0.05) is 0 Å². The molecule has 0 aromatic heterocycles. The van der Waals surface area contributed by atoms with E-state index in [9.17, 15) is 10.1 Å². The third-order valence-electron chi connectivity index (χ3n) is 4.52. The van der Waals surface area contributed by atoms with E-state index in [0.29, 0.717) is 17.8 Å². The maximum Gasteiger partial charge on any atom is 0.275 e. The molecule has 114 valence electrons. The van der Waals surface area contributed by atoms with E-state index in [1.54, 1.807) is 13.2 Å². The minimum Gasteiger partial charge on any atom is -0.496 e. The number of methoxy groups -OCH3 is 1. The summed E-state index contributed by atoms with van der Waals surface area (Å²) in [5.74, 6) is 0.546. The molecule has 6 nitrogen and oxygen atoms in total. The van der Waals surface area contributed by atoms with E-state index in [0.717, 1.165) is 31.6 Å². The molecule has 1 aromatic rings. The Balaban J connectivity index is 1.90. The number of nitro benzene ring substituents is 1. The van der Waals surface area contributed by atoms with Gasteiger partial charge < -0.3 is 15.0 Å². The van der Waals surface area contributed by atoms with Gasteiger partial charge in [-0.25, -0.2) is 0 Å². The highest BCUT2D eigenvalue weighted by Crippen LogP contribution is 2.34. The van der Waals surface area contributed by atoms with Gasteiger partial charge in [0, 0.05) is 36.4 Å². The molecule has 0 spiro atoms. The van der Waals surface area contributed by atoms with E-state index < -0.39 is 0 Å². The summed E-state index contributed by atoms with van der Waals surface area (Å²) in [5.41, 5.74) is 0.992. The highest BCUT2D eigenvalue weighted by molar-refractivity contribution is 5.59. The summed E-state index contributed by atoms with van der Waals surface area (Å²) >= 11 is 0. The molecule has 1 N–H and O–H groups in total. The number of anilines is 1. The second kappa shape index (κ2) is 5.89. The van der Waals surface area contributed by atoms with Gasteiger partial charge in [0.15, 0.2) is 0 Å². The standard InChI is InChI=1S/C15H21N3O3/c1-21-13-9-11(8-12(10-13)18(19)20)17-7-3-5-15(17)14-4-2-6-16-14/h8-10,14-16H,2-7H2,1H3. The Morgan fingerprint density at radius 2 is 2.19 bits per heavy atom. The van der Waals surface area contributed by atoms with Crippen LogP contribution in [0.15, 0.2) is 18.2 Å². The zero-order chi connectivity index (χ0) is 14.8. The number of rotatable bonds is 4. The molecule has 3 rings (SSSR count). The minimum atomic E-state index is -0.356. The van der Waals surface area contributed by atoms with Crippen molar-refractivity contribution in [3.8, 4) is 5.75 Å². The summed E-state index contributed by atoms with van der Waals surface area (Å²) in [4.78, 5) is 13.0. The van der Waals surface area contributed by atoms with Gasteiger partial charge in [-0.3, -0.25) is 10.1 Å². The maximum absolute atomic E-state index is 11.1. The first-order valence-corrected chi connectivity index (χ1v) is 7.52. The van der Waals surface area contributed by atoms with Crippen molar-refractivity contribution in [3.63, 3.8) is 0 Å². The van der Waals surface area contributed by atoms with Crippen LogP contribution in [-0.2, 0) is 0 Å². The summed E-state index contributed by atoms with van der Waals surface area (Å²) in [5, 5.41) is 14.7. The first-order chi connectivity index (χ1) is 10.2. The van der Waals surface area contributed by atoms with Crippen molar-refractivity contribution in [1.82, 2.24) is 5.32 Å². The Kier molecular flexibility index (Phi) is 3.96. The lowest BCUT2D eigenvalue weighted by atomic mass is 10.0. The smallest absolute Gasteiger partial charge is 0.275 e. The zero-order valence-electron chi connectivity index (χ0n) is 12.2. The quantitative estimate of drug-likeness (QED) is 0.681. The molecule has 0 bridgehead atoms. The molecule has 0 amide bonds. The van der Waals surface area contributed by atoms with Gasteiger partial charge in [-0.15, -0.1) is 0 Å². The van der Waals surface area contributed by atoms with E-state index in [1.165, 1.54) is 18.9 Å². The molecule has 2 aliphatic heterocycles. The van der Waals surface area contributed by atoms with Crippen LogP contribution in [0, 0.1) is 10.1 Å². The van der Waals surface area contributed by atoms with Crippen molar-refractivity contribution in [2.75, 3.05) is 25.1 Å². The number of non-ortho nitro benzene ring substituents is 1. The Morgan fingerprint density at radius 3 is 2.86 bits per heavy atom. The Bertz CT molecular complexity index is 529. The van der Waals surface area contributed by atoms with Gasteiger partial charge in [0.2, 0.25) is 0 Å². The van der Waals surface area contributed by atoms with E-state index in [1.807, 2.05) is 6.07 Å². The van der Waals surface area contributed by atoms with Gasteiger partial charge in [-0.05, 0) is 32.2 Å². The van der Waals surface area contributed by atoms with Crippen LogP contribution < -0.4 is 15.0 Å². The van der Waals surface area contributed by atoms with Crippen LogP contribution in [0.1, 0.15) is 25.7 Å². The van der Waals surface area contributed by atoms with Gasteiger partial charge >= 0.3 is 0 Å². The monoisotopic (exact) mass is 291 g/mol. The molecule has 2 saturated heterocycles. The zero-order valence-corrected chi connectivity index (χ0v) is 12.2. The van der Waals surface area contributed by atoms with E-state index in [2.05, 4.69) is 10.2 Å². The van der Waals surface area contributed by atoms with Gasteiger partial charge in [0.25, 0.3) is 5.69 Å². The lowest BCUT2D eigenvalue weighted by molar-refractivity contribution is -0.384. The summed E-state index contributed by atoms with van der Waals surface area (Å²) < 4.78 is 5.22. The topological polar surface area (TPSA) is 67.6 Å². The number of nitrogens with zero attached hydrogens (tertiary/aromatic N) is 2. The fourth-order valence-electron chi connectivity index (χ4n) is 3.53. The lowest BCUT2D eigenvalue weighted by Gasteiger charge is -2.31. The molecule has 2 fully saturated rings. The van der Waals surface area contributed by atoms with Crippen LogP contribution in [-0.4, -0.2) is 37.2 Å². The number of hydrogen-bond acceptors (Lipinski definition) is 5. The summed E-state index contributed by atoms with van der Waals surface area (Å²) in [6.07, 6.45) is 4.68. The van der Waals surface area contributed by atoms with Gasteiger partial charge in [-0.2, -0.15) is 0 Å². The molecule has 6 heteroatoms. The molecule has 21 heavy (non-hydrogen) atoms. The number of ether oxygens (including phenoxy) is 1. The summed E-state index contributed by atoms with van der Waals surface area (Å²) in [6.45, 7) is 2.03. The van der Waals surface area contributed by atoms with Gasteiger partial charge in [0.1, 0.15) is 5.75 Å². The molecule has 2 heterocycles. The number of nitrogens with one attached hydrogen (secondary N) is 1. The summed E-state index contributed by atoms with van der Waals surface area (Å²) in [7, 11) is 1.54. The molecule has 0 aliphatic carbocycles. The second-order valence-electron chi connectivity index (χ2n) is 5.75. The average Bonchev–Trinajstić information content (AvgIpc) is 3.16. The van der Waals surface area contributed by atoms with Crippen molar-refractivity contribution in [2.24, 2.45) is 0 Å². The van der Waals surface area contributed by atoms with Crippen LogP contribution in [0.3, 0.4) is 0 Å². The van der Waals surface area contributed by atoms with E-state index in [-0.39, 0.29) is 10.6 Å². The normalized spacial score (nSPS) is 25.3. The van der Waals surface area contributed by atoms with Crippen molar-refractivity contribution >= 4 is 11.4 Å². The molecular formula is C15H21N3O3. The number of benzene rings is 1. The molecule has 2 aliphatic rings. The lowest BCUT2D eigenvalue weighted by Crippen LogP contribution is -2.44. The predicted molar refractivity (Wildman–Crippen MR) is 81.0 cm³/mol. The third kappa shape index (κ3) is 2.81. The molecule has 2 unspecified atom stereocenters. The Morgan fingerprint density at radius 1 is 1.33 bits per heavy atom. The van der Waals surface area contributed by atoms with Crippen LogP contribution in [0.4, 0.5) is 11.4 Å². The van der Waals surface area contributed by atoms with Crippen molar-refractivity contribution < 1.29 is 9.66 Å². The first-order valence-electron chi connectivity index (χ1n) is 7.52. The summed E-state index contributed by atoms with van der Waals surface area (Å²) in [6, 6.07) is 5.97. The van der Waals surface area contributed by atoms with Crippen molar-refractivity contribution in [1.29, 1.82) is 0 Å². The molecule has 2 atom stereocenters. The second-order valence-corrected chi connectivity index (χ2v) is 5.75. The van der Waals surface area contributed by atoms with Crippen molar-refractivity contribution in [3.05, 3.63) is 28.3 Å². The highest BCUT2D eigenvalue weighted by atomic mass is 16.6. The highest BCUT2D eigenvalue weighted by Gasteiger charge is 2.34. The Hall–Kier alpha value is -1.82. The Labute approximate surface area is 124 Å². The van der Waals surface area contributed by atoms with E-state index >= 15 is 0 Å². The predicted octanol–water partition coefficient (Wildman–Crippen LogP) is 2.32. The SMILES string of the molecule is COc1cc(N2CCCC2C2CCCN2)cc([N+](=O)[O-])c1. The van der Waals surface area contributed by atoms with Gasteiger partial charge in [0.05, 0.1) is 18.1 Å². The first kappa shape index (κ1) is 14.1. The number of hydrogen-bond donors (Lipinski definition) is 1. The third-order valence-corrected chi connectivity index (χ3v) is 4.52. The molecular weight excluding hydrogens is 270 g/mol. The fraction of sp³-hybridized carbons (Fsp3) is 0.600. The van der Waals surface area contributed by atoms with Crippen LogP contribution in [0.25, 0.3) is 0 Å². The average molecular weight is 291 g/mol. The molecule has 1 aromatic carbocycles. The van der Waals surface area contributed by atoms with Crippen molar-refractivity contribution in [2.45, 2.75) is 37.8 Å². The number of nitro groups is 1. The largest absolute Gasteiger partial charge is 0.496 e. The maximum atomic E-state index is 11.1. The fourth-order valence-corrected chi connectivity index (χ4v) is 3.53.